The first-order valence-electron chi connectivity index (χ1n) is 9.83. The number of nitro groups is 1. The summed E-state index contributed by atoms with van der Waals surface area (Å²) in [5.74, 6) is 2.55. The lowest BCUT2D eigenvalue weighted by Crippen LogP contribution is -2.13. The summed E-state index contributed by atoms with van der Waals surface area (Å²) in [5.41, 5.74) is 2.33. The van der Waals surface area contributed by atoms with Gasteiger partial charge in [0, 0.05) is 34.6 Å². The van der Waals surface area contributed by atoms with Crippen LogP contribution in [-0.2, 0) is 23.6 Å². The highest BCUT2D eigenvalue weighted by Gasteiger charge is 2.22. The van der Waals surface area contributed by atoms with Crippen LogP contribution in [0.25, 0.3) is 11.4 Å². The Balaban J connectivity index is 1.48. The van der Waals surface area contributed by atoms with Crippen LogP contribution in [-0.4, -0.2) is 26.5 Å². The molecule has 0 amide bonds. The lowest BCUT2D eigenvalue weighted by Gasteiger charge is -2.20. The molecule has 32 heavy (non-hydrogen) atoms. The van der Waals surface area contributed by atoms with Crippen LogP contribution in [0.15, 0.2) is 70.4 Å². The van der Waals surface area contributed by atoms with E-state index in [0.717, 1.165) is 22.7 Å². The van der Waals surface area contributed by atoms with Gasteiger partial charge in [-0.1, -0.05) is 42.1 Å². The van der Waals surface area contributed by atoms with Gasteiger partial charge in [-0.15, -0.1) is 10.2 Å². The van der Waals surface area contributed by atoms with E-state index in [-0.39, 0.29) is 19.1 Å². The van der Waals surface area contributed by atoms with Crippen molar-refractivity contribution in [1.82, 2.24) is 14.8 Å². The third kappa shape index (κ3) is 4.10. The quantitative estimate of drug-likeness (QED) is 0.228. The molecule has 10 heteroatoms. The standard InChI is InChI=1S/C22H18N4O5S/c27-26(28)18-9-16-12-29-14-31-20(16)17(10-18)13-32-22-24-23-21(15-5-2-1-3-6-15)25(22)11-19-7-4-8-30-19/h1-10H,11-14H2. The Labute approximate surface area is 187 Å². The van der Waals surface area contributed by atoms with Gasteiger partial charge < -0.3 is 13.9 Å². The van der Waals surface area contributed by atoms with Gasteiger partial charge >= 0.3 is 0 Å². The zero-order chi connectivity index (χ0) is 21.9. The van der Waals surface area contributed by atoms with Crippen molar-refractivity contribution in [2.24, 2.45) is 0 Å². The van der Waals surface area contributed by atoms with Gasteiger partial charge in [0.05, 0.1) is 24.3 Å². The Kier molecular flexibility index (Phi) is 5.61. The number of thioether (sulfide) groups is 1. The van der Waals surface area contributed by atoms with Gasteiger partial charge in [-0.2, -0.15) is 0 Å². The number of furan rings is 1. The smallest absolute Gasteiger partial charge is 0.270 e. The van der Waals surface area contributed by atoms with E-state index in [2.05, 4.69) is 10.2 Å². The molecule has 0 unspecified atom stereocenters. The van der Waals surface area contributed by atoms with Crippen LogP contribution in [0.3, 0.4) is 0 Å². The third-order valence-electron chi connectivity index (χ3n) is 4.98. The SMILES string of the molecule is O=[N+]([O-])c1cc2c(c(CSc3nnc(-c4ccccc4)n3Cc3ccco3)c1)OCOC2. The summed E-state index contributed by atoms with van der Waals surface area (Å²) in [6, 6.07) is 16.6. The molecule has 0 saturated carbocycles. The van der Waals surface area contributed by atoms with E-state index in [4.69, 9.17) is 13.9 Å². The summed E-state index contributed by atoms with van der Waals surface area (Å²) in [6.45, 7) is 0.862. The van der Waals surface area contributed by atoms with Gasteiger partial charge in [0.25, 0.3) is 5.69 Å². The Morgan fingerprint density at radius 1 is 1.12 bits per heavy atom. The first-order chi connectivity index (χ1) is 15.7. The molecule has 0 fully saturated rings. The summed E-state index contributed by atoms with van der Waals surface area (Å²) in [5, 5.41) is 20.9. The highest BCUT2D eigenvalue weighted by molar-refractivity contribution is 7.98. The molecule has 0 aliphatic carbocycles. The summed E-state index contributed by atoms with van der Waals surface area (Å²) in [4.78, 5) is 11.0. The molecule has 162 valence electrons. The molecule has 0 spiro atoms. The molecule has 3 heterocycles. The Hall–Kier alpha value is -3.63. The predicted molar refractivity (Wildman–Crippen MR) is 116 cm³/mol. The van der Waals surface area contributed by atoms with E-state index in [1.54, 1.807) is 12.3 Å². The van der Waals surface area contributed by atoms with Gasteiger partial charge in [0.1, 0.15) is 11.5 Å². The van der Waals surface area contributed by atoms with E-state index in [9.17, 15) is 10.1 Å². The molecule has 0 saturated heterocycles. The van der Waals surface area contributed by atoms with E-state index in [1.807, 2.05) is 47.0 Å². The number of hydrogen-bond donors (Lipinski definition) is 0. The Morgan fingerprint density at radius 2 is 2.00 bits per heavy atom. The predicted octanol–water partition coefficient (Wildman–Crippen LogP) is 4.65. The number of ether oxygens (including phenoxy) is 2. The average Bonchev–Trinajstić information content (AvgIpc) is 3.48. The Morgan fingerprint density at radius 3 is 2.78 bits per heavy atom. The third-order valence-corrected chi connectivity index (χ3v) is 6.00. The summed E-state index contributed by atoms with van der Waals surface area (Å²) in [6.07, 6.45) is 1.63. The summed E-state index contributed by atoms with van der Waals surface area (Å²) in [7, 11) is 0. The monoisotopic (exact) mass is 450 g/mol. The average molecular weight is 450 g/mol. The van der Waals surface area contributed by atoms with Crippen molar-refractivity contribution in [2.75, 3.05) is 6.79 Å². The molecular formula is C22H18N4O5S. The van der Waals surface area contributed by atoms with Crippen LogP contribution in [0.2, 0.25) is 0 Å². The van der Waals surface area contributed by atoms with Crippen molar-refractivity contribution < 1.29 is 18.8 Å². The van der Waals surface area contributed by atoms with E-state index in [0.29, 0.717) is 28.8 Å². The topological polar surface area (TPSA) is 105 Å². The van der Waals surface area contributed by atoms with Gasteiger partial charge in [0.15, 0.2) is 17.8 Å². The second kappa shape index (κ2) is 8.85. The molecule has 0 atom stereocenters. The number of non-ortho nitro benzene ring substituents is 1. The number of fused-ring (bicyclic) bond motifs is 1. The van der Waals surface area contributed by atoms with Crippen molar-refractivity contribution >= 4 is 17.4 Å². The first-order valence-corrected chi connectivity index (χ1v) is 10.8. The normalized spacial score (nSPS) is 12.9. The minimum atomic E-state index is -0.407. The van der Waals surface area contributed by atoms with Crippen LogP contribution in [0.1, 0.15) is 16.9 Å². The highest BCUT2D eigenvalue weighted by Crippen LogP contribution is 2.36. The van der Waals surface area contributed by atoms with Crippen LogP contribution < -0.4 is 4.74 Å². The first kappa shape index (κ1) is 20.3. The van der Waals surface area contributed by atoms with Crippen molar-refractivity contribution in [3.63, 3.8) is 0 Å². The maximum atomic E-state index is 11.4. The van der Waals surface area contributed by atoms with Gasteiger partial charge in [-0.25, -0.2) is 0 Å². The second-order valence-electron chi connectivity index (χ2n) is 7.09. The van der Waals surface area contributed by atoms with Crippen molar-refractivity contribution in [2.45, 2.75) is 24.1 Å². The van der Waals surface area contributed by atoms with Crippen LogP contribution in [0, 0.1) is 10.1 Å². The number of nitrogens with zero attached hydrogens (tertiary/aromatic N) is 4. The lowest BCUT2D eigenvalue weighted by molar-refractivity contribution is -0.385. The van der Waals surface area contributed by atoms with Gasteiger partial charge in [-0.3, -0.25) is 14.7 Å². The zero-order valence-corrected chi connectivity index (χ0v) is 17.7. The number of aromatic nitrogens is 3. The minimum absolute atomic E-state index is 0.00970. The van der Waals surface area contributed by atoms with Gasteiger partial charge in [-0.05, 0) is 12.1 Å². The maximum Gasteiger partial charge on any atom is 0.270 e. The maximum absolute atomic E-state index is 11.4. The minimum Gasteiger partial charge on any atom is -0.467 e. The molecular weight excluding hydrogens is 432 g/mol. The van der Waals surface area contributed by atoms with Crippen molar-refractivity contribution in [3.8, 4) is 17.1 Å². The van der Waals surface area contributed by atoms with Crippen LogP contribution in [0.5, 0.6) is 5.75 Å². The lowest BCUT2D eigenvalue weighted by atomic mass is 10.1. The van der Waals surface area contributed by atoms with Crippen molar-refractivity contribution in [1.29, 1.82) is 0 Å². The molecule has 5 rings (SSSR count). The molecule has 0 N–H and O–H groups in total. The number of hydrogen-bond acceptors (Lipinski definition) is 8. The highest BCUT2D eigenvalue weighted by atomic mass is 32.2. The molecule has 1 aliphatic rings. The fourth-order valence-electron chi connectivity index (χ4n) is 3.53. The summed E-state index contributed by atoms with van der Waals surface area (Å²) >= 11 is 1.44. The number of nitro benzene ring substituents is 1. The second-order valence-corrected chi connectivity index (χ2v) is 8.03. The zero-order valence-electron chi connectivity index (χ0n) is 16.8. The molecule has 2 aromatic carbocycles. The summed E-state index contributed by atoms with van der Waals surface area (Å²) < 4.78 is 18.5. The molecule has 0 radical (unpaired) electrons. The number of benzene rings is 2. The fourth-order valence-corrected chi connectivity index (χ4v) is 4.44. The van der Waals surface area contributed by atoms with Crippen LogP contribution in [0.4, 0.5) is 5.69 Å². The largest absolute Gasteiger partial charge is 0.467 e. The van der Waals surface area contributed by atoms with Crippen molar-refractivity contribution in [3.05, 3.63) is 87.9 Å². The molecule has 1 aliphatic heterocycles. The Bertz CT molecular complexity index is 1240. The van der Waals surface area contributed by atoms with Crippen LogP contribution >= 0.6 is 11.8 Å². The fraction of sp³-hybridized carbons (Fsp3) is 0.182. The van der Waals surface area contributed by atoms with Gasteiger partial charge in [0.2, 0.25) is 0 Å². The number of rotatable bonds is 7. The molecule has 2 aromatic heterocycles. The molecule has 4 aromatic rings. The van der Waals surface area contributed by atoms with E-state index >= 15 is 0 Å². The van der Waals surface area contributed by atoms with E-state index < -0.39 is 4.92 Å². The molecule has 9 nitrogen and oxygen atoms in total. The van der Waals surface area contributed by atoms with E-state index in [1.165, 1.54) is 17.8 Å². The molecule has 0 bridgehead atoms.